The minimum atomic E-state index is 0.541. The normalized spacial score (nSPS) is 10.7. The number of benzene rings is 2. The van der Waals surface area contributed by atoms with Gasteiger partial charge in [-0.15, -0.1) is 0 Å². The first kappa shape index (κ1) is 13.5. The molecule has 0 spiro atoms. The lowest BCUT2D eigenvalue weighted by Gasteiger charge is -2.06. The Kier molecular flexibility index (Phi) is 4.41. The molecule has 0 atom stereocenters. The molecule has 0 aliphatic rings. The van der Waals surface area contributed by atoms with E-state index in [2.05, 4.69) is 27.8 Å². The van der Waals surface area contributed by atoms with Crippen molar-refractivity contribution in [3.63, 3.8) is 0 Å². The Morgan fingerprint density at radius 1 is 0.952 bits per heavy atom. The van der Waals surface area contributed by atoms with Crippen molar-refractivity contribution in [1.82, 2.24) is 15.7 Å². The number of nitrogens with zero attached hydrogens (tertiary/aromatic N) is 1. The number of H-pyrrole nitrogens is 1. The van der Waals surface area contributed by atoms with Gasteiger partial charge in [-0.3, -0.25) is 9.94 Å². The first-order valence-corrected chi connectivity index (χ1v) is 6.90. The van der Waals surface area contributed by atoms with Crippen LogP contribution >= 0.6 is 0 Å². The van der Waals surface area contributed by atoms with E-state index in [0.29, 0.717) is 13.2 Å². The third-order valence-electron chi connectivity index (χ3n) is 3.23. The molecule has 0 bridgehead atoms. The topological polar surface area (TPSA) is 49.9 Å². The van der Waals surface area contributed by atoms with E-state index in [-0.39, 0.29) is 0 Å². The van der Waals surface area contributed by atoms with Crippen molar-refractivity contribution < 1.29 is 4.84 Å². The molecule has 0 saturated heterocycles. The van der Waals surface area contributed by atoms with Gasteiger partial charge in [-0.25, -0.2) is 0 Å². The van der Waals surface area contributed by atoms with E-state index in [4.69, 9.17) is 4.84 Å². The van der Waals surface area contributed by atoms with Gasteiger partial charge in [0.05, 0.1) is 18.5 Å². The zero-order valence-corrected chi connectivity index (χ0v) is 11.6. The highest BCUT2D eigenvalue weighted by Crippen LogP contribution is 2.20. The zero-order valence-electron chi connectivity index (χ0n) is 11.6. The summed E-state index contributed by atoms with van der Waals surface area (Å²) >= 11 is 0. The van der Waals surface area contributed by atoms with Gasteiger partial charge in [0.1, 0.15) is 0 Å². The Morgan fingerprint density at radius 3 is 2.43 bits per heavy atom. The fourth-order valence-electron chi connectivity index (χ4n) is 2.14. The van der Waals surface area contributed by atoms with E-state index < -0.39 is 0 Å². The molecule has 0 amide bonds. The molecular weight excluding hydrogens is 262 g/mol. The van der Waals surface area contributed by atoms with E-state index >= 15 is 0 Å². The lowest BCUT2D eigenvalue weighted by molar-refractivity contribution is 0.0236. The summed E-state index contributed by atoms with van der Waals surface area (Å²) in [4.78, 5) is 5.49. The Hall–Kier alpha value is -2.43. The van der Waals surface area contributed by atoms with E-state index in [0.717, 1.165) is 22.4 Å². The minimum absolute atomic E-state index is 0.541. The summed E-state index contributed by atoms with van der Waals surface area (Å²) in [6.45, 7) is 1.15. The average molecular weight is 279 g/mol. The van der Waals surface area contributed by atoms with Crippen LogP contribution in [0.5, 0.6) is 0 Å². The van der Waals surface area contributed by atoms with Crippen LogP contribution < -0.4 is 5.48 Å². The van der Waals surface area contributed by atoms with Gasteiger partial charge in [0.25, 0.3) is 0 Å². The molecule has 0 saturated carbocycles. The molecular formula is C17H17N3O. The molecule has 1 heterocycles. The van der Waals surface area contributed by atoms with Crippen molar-refractivity contribution in [1.29, 1.82) is 0 Å². The second-order valence-electron chi connectivity index (χ2n) is 4.73. The van der Waals surface area contributed by atoms with Crippen molar-refractivity contribution >= 4 is 0 Å². The molecule has 3 aromatic rings. The maximum absolute atomic E-state index is 5.49. The van der Waals surface area contributed by atoms with E-state index in [9.17, 15) is 0 Å². The monoisotopic (exact) mass is 279 g/mol. The molecule has 106 valence electrons. The van der Waals surface area contributed by atoms with E-state index in [1.807, 2.05) is 54.7 Å². The van der Waals surface area contributed by atoms with Crippen LogP contribution in [0.15, 0.2) is 66.9 Å². The summed E-state index contributed by atoms with van der Waals surface area (Å²) in [7, 11) is 0. The first-order valence-electron chi connectivity index (χ1n) is 6.90. The summed E-state index contributed by atoms with van der Waals surface area (Å²) in [6, 6.07) is 20.2. The smallest absolute Gasteiger partial charge is 0.0933 e. The highest BCUT2D eigenvalue weighted by molar-refractivity contribution is 5.62. The summed E-state index contributed by atoms with van der Waals surface area (Å²) in [5.74, 6) is 0. The highest BCUT2D eigenvalue weighted by atomic mass is 16.6. The van der Waals surface area contributed by atoms with Crippen molar-refractivity contribution in [2.24, 2.45) is 0 Å². The molecule has 21 heavy (non-hydrogen) atoms. The number of hydrogen-bond donors (Lipinski definition) is 2. The number of hydrogen-bond acceptors (Lipinski definition) is 3. The number of aromatic nitrogens is 2. The summed E-state index contributed by atoms with van der Waals surface area (Å²) in [6.07, 6.45) is 1.82. The third-order valence-corrected chi connectivity index (χ3v) is 3.23. The Labute approximate surface area is 123 Å². The van der Waals surface area contributed by atoms with Crippen LogP contribution in [0.2, 0.25) is 0 Å². The maximum Gasteiger partial charge on any atom is 0.0933 e. The lowest BCUT2D eigenvalue weighted by atomic mass is 10.1. The molecule has 0 fully saturated rings. The molecule has 2 N–H and O–H groups in total. The van der Waals surface area contributed by atoms with Crippen LogP contribution in [0.25, 0.3) is 11.3 Å². The van der Waals surface area contributed by atoms with Gasteiger partial charge in [0, 0.05) is 12.1 Å². The number of rotatable bonds is 6. The number of hydroxylamine groups is 1. The molecule has 4 nitrogen and oxygen atoms in total. The van der Waals surface area contributed by atoms with Crippen LogP contribution in [-0.4, -0.2) is 10.2 Å². The summed E-state index contributed by atoms with van der Waals surface area (Å²) < 4.78 is 0. The summed E-state index contributed by atoms with van der Waals surface area (Å²) in [5.41, 5.74) is 7.34. The SMILES string of the molecule is c1ccc(CONCc2cn[nH]c2-c2ccccc2)cc1. The van der Waals surface area contributed by atoms with E-state index in [1.165, 1.54) is 0 Å². The van der Waals surface area contributed by atoms with Gasteiger partial charge < -0.3 is 0 Å². The number of aromatic amines is 1. The van der Waals surface area contributed by atoms with Crippen molar-refractivity contribution in [2.75, 3.05) is 0 Å². The van der Waals surface area contributed by atoms with Gasteiger partial charge in [-0.1, -0.05) is 60.7 Å². The van der Waals surface area contributed by atoms with Gasteiger partial charge >= 0.3 is 0 Å². The van der Waals surface area contributed by atoms with Gasteiger partial charge in [0.15, 0.2) is 0 Å². The van der Waals surface area contributed by atoms with Crippen molar-refractivity contribution in [2.45, 2.75) is 13.2 Å². The molecule has 0 unspecified atom stereocenters. The fraction of sp³-hybridized carbons (Fsp3) is 0.118. The fourth-order valence-corrected chi connectivity index (χ4v) is 2.14. The molecule has 3 rings (SSSR count). The maximum atomic E-state index is 5.49. The van der Waals surface area contributed by atoms with Gasteiger partial charge in [-0.05, 0) is 11.1 Å². The predicted molar refractivity (Wildman–Crippen MR) is 82.1 cm³/mol. The zero-order chi connectivity index (χ0) is 14.3. The molecule has 0 radical (unpaired) electrons. The molecule has 0 aliphatic carbocycles. The predicted octanol–water partition coefficient (Wildman–Crippen LogP) is 3.30. The minimum Gasteiger partial charge on any atom is -0.297 e. The third kappa shape index (κ3) is 3.56. The van der Waals surface area contributed by atoms with Crippen LogP contribution in [0, 0.1) is 0 Å². The number of nitrogens with one attached hydrogen (secondary N) is 2. The van der Waals surface area contributed by atoms with Gasteiger partial charge in [0.2, 0.25) is 0 Å². The van der Waals surface area contributed by atoms with Crippen molar-refractivity contribution in [3.05, 3.63) is 78.0 Å². The quantitative estimate of drug-likeness (QED) is 0.537. The lowest BCUT2D eigenvalue weighted by Crippen LogP contribution is -2.14. The van der Waals surface area contributed by atoms with Crippen LogP contribution in [0.4, 0.5) is 0 Å². The van der Waals surface area contributed by atoms with Crippen LogP contribution in [-0.2, 0) is 18.0 Å². The second kappa shape index (κ2) is 6.83. The van der Waals surface area contributed by atoms with Gasteiger partial charge in [-0.2, -0.15) is 10.6 Å². The Bertz CT molecular complexity index is 665. The molecule has 2 aromatic carbocycles. The van der Waals surface area contributed by atoms with Crippen molar-refractivity contribution in [3.8, 4) is 11.3 Å². The largest absolute Gasteiger partial charge is 0.297 e. The molecule has 4 heteroatoms. The summed E-state index contributed by atoms with van der Waals surface area (Å²) in [5, 5.41) is 7.15. The average Bonchev–Trinajstić information content (AvgIpc) is 3.02. The molecule has 1 aromatic heterocycles. The molecule has 0 aliphatic heterocycles. The van der Waals surface area contributed by atoms with Crippen LogP contribution in [0.1, 0.15) is 11.1 Å². The Balaban J connectivity index is 1.56. The highest BCUT2D eigenvalue weighted by Gasteiger charge is 2.06. The standard InChI is InChI=1S/C17H17N3O/c1-3-7-14(8-4-1)13-21-19-12-16-11-18-20-17(16)15-9-5-2-6-10-15/h1-11,19H,12-13H2,(H,18,20). The van der Waals surface area contributed by atoms with E-state index in [1.54, 1.807) is 0 Å². The second-order valence-corrected chi connectivity index (χ2v) is 4.73. The Morgan fingerprint density at radius 2 is 1.67 bits per heavy atom. The first-order chi connectivity index (χ1) is 10.4. The van der Waals surface area contributed by atoms with Crippen LogP contribution in [0.3, 0.4) is 0 Å².